The maximum absolute atomic E-state index is 14.6. The predicted octanol–water partition coefficient (Wildman–Crippen LogP) is 4.70. The molecule has 0 spiro atoms. The van der Waals surface area contributed by atoms with Gasteiger partial charge in [-0.25, -0.2) is 9.37 Å². The molecule has 1 aliphatic carbocycles. The quantitative estimate of drug-likeness (QED) is 0.546. The zero-order valence-electron chi connectivity index (χ0n) is 15.0. The lowest BCUT2D eigenvalue weighted by Gasteiger charge is -2.11. The number of pyridine rings is 1. The van der Waals surface area contributed by atoms with Gasteiger partial charge in [0, 0.05) is 28.4 Å². The molecule has 5 rings (SSSR count). The summed E-state index contributed by atoms with van der Waals surface area (Å²) < 4.78 is 21.5. The largest absolute Gasteiger partial charge is 0.497 e. The Kier molecular flexibility index (Phi) is 3.42. The molecule has 0 fully saturated rings. The van der Waals surface area contributed by atoms with Crippen LogP contribution in [0.1, 0.15) is 0 Å². The Bertz CT molecular complexity index is 1340. The zero-order chi connectivity index (χ0) is 19.4. The van der Waals surface area contributed by atoms with Crippen molar-refractivity contribution in [1.82, 2.24) is 9.55 Å². The summed E-state index contributed by atoms with van der Waals surface area (Å²) in [5.41, 5.74) is 9.75. The Labute approximate surface area is 159 Å². The number of para-hydroxylation sites is 1. The number of anilines is 1. The Morgan fingerprint density at radius 2 is 2.00 bits per heavy atom. The summed E-state index contributed by atoms with van der Waals surface area (Å²) in [7, 11) is 1.54. The van der Waals surface area contributed by atoms with Gasteiger partial charge in [0.05, 0.1) is 29.2 Å². The fourth-order valence-corrected chi connectivity index (χ4v) is 3.56. The van der Waals surface area contributed by atoms with E-state index in [-0.39, 0.29) is 11.7 Å². The van der Waals surface area contributed by atoms with E-state index in [9.17, 15) is 9.50 Å². The minimum atomic E-state index is -0.376. The molecule has 6 heteroatoms. The first-order chi connectivity index (χ1) is 13.6. The van der Waals surface area contributed by atoms with Crippen molar-refractivity contribution < 1.29 is 14.2 Å². The summed E-state index contributed by atoms with van der Waals surface area (Å²) in [5.74, 6) is 0.212. The predicted molar refractivity (Wildman–Crippen MR) is 109 cm³/mol. The zero-order valence-corrected chi connectivity index (χ0v) is 15.0. The van der Waals surface area contributed by atoms with Crippen LogP contribution in [0.25, 0.3) is 38.6 Å². The molecule has 138 valence electrons. The molecule has 1 aliphatic rings. The van der Waals surface area contributed by atoms with Crippen molar-refractivity contribution in [1.29, 1.82) is 0 Å². The van der Waals surface area contributed by atoms with Crippen LogP contribution in [0.15, 0.2) is 60.8 Å². The van der Waals surface area contributed by atoms with Gasteiger partial charge in [0.25, 0.3) is 0 Å². The van der Waals surface area contributed by atoms with Gasteiger partial charge in [0.1, 0.15) is 11.6 Å². The number of benzene rings is 2. The molecule has 0 aliphatic heterocycles. The van der Waals surface area contributed by atoms with E-state index in [1.54, 1.807) is 35.0 Å². The maximum Gasteiger partial charge on any atom is 0.207 e. The smallest absolute Gasteiger partial charge is 0.207 e. The highest BCUT2D eigenvalue weighted by molar-refractivity contribution is 6.12. The number of ether oxygens (including phenoxy) is 1. The van der Waals surface area contributed by atoms with E-state index in [0.29, 0.717) is 44.4 Å². The molecule has 0 amide bonds. The van der Waals surface area contributed by atoms with E-state index in [1.165, 1.54) is 13.2 Å². The number of halogens is 1. The third-order valence-corrected chi connectivity index (χ3v) is 5.06. The Morgan fingerprint density at radius 3 is 2.71 bits per heavy atom. The van der Waals surface area contributed by atoms with Crippen molar-refractivity contribution in [3.63, 3.8) is 0 Å². The standard InChI is InChI=1S/C22H16FN3O2/c1-28-13-8-9-17(23)16(10-13)14-6-3-7-15-20(24)19-18(25-21(14)15)11-26(22(19)27)12-4-2-5-12/h2-11,27H,24H2,1H3. The molecular formula is C22H16FN3O2. The van der Waals surface area contributed by atoms with Gasteiger partial charge in [-0.2, -0.15) is 0 Å². The van der Waals surface area contributed by atoms with E-state index in [4.69, 9.17) is 15.5 Å². The van der Waals surface area contributed by atoms with Gasteiger partial charge in [-0.1, -0.05) is 24.3 Å². The second kappa shape index (κ2) is 5.85. The number of nitrogen functional groups attached to an aromatic ring is 1. The molecule has 2 aromatic heterocycles. The Balaban J connectivity index is 1.83. The summed E-state index contributed by atoms with van der Waals surface area (Å²) >= 11 is 0. The average molecular weight is 373 g/mol. The van der Waals surface area contributed by atoms with Gasteiger partial charge in [0.2, 0.25) is 5.88 Å². The van der Waals surface area contributed by atoms with Crippen LogP contribution in [0.5, 0.6) is 11.6 Å². The summed E-state index contributed by atoms with van der Waals surface area (Å²) in [6, 6.07) is 9.99. The van der Waals surface area contributed by atoms with Crippen LogP contribution in [0.4, 0.5) is 10.1 Å². The summed E-state index contributed by atoms with van der Waals surface area (Å²) in [4.78, 5) is 4.71. The number of rotatable bonds is 3. The lowest BCUT2D eigenvalue weighted by atomic mass is 9.99. The fraction of sp³-hybridized carbons (Fsp3) is 0.0455. The number of hydrogen-bond donors (Lipinski definition) is 2. The second-order valence-electron chi connectivity index (χ2n) is 6.61. The monoisotopic (exact) mass is 373 g/mol. The highest BCUT2D eigenvalue weighted by Crippen LogP contribution is 2.41. The molecule has 2 aromatic carbocycles. The number of aromatic nitrogens is 2. The summed E-state index contributed by atoms with van der Waals surface area (Å²) in [6.45, 7) is 0. The molecule has 2 heterocycles. The van der Waals surface area contributed by atoms with E-state index in [2.05, 4.69) is 0 Å². The first-order valence-corrected chi connectivity index (χ1v) is 8.73. The molecule has 28 heavy (non-hydrogen) atoms. The number of methoxy groups -OCH3 is 1. The number of hydrogen-bond acceptors (Lipinski definition) is 4. The van der Waals surface area contributed by atoms with Gasteiger partial charge in [-0.3, -0.25) is 4.57 Å². The van der Waals surface area contributed by atoms with E-state index in [1.807, 2.05) is 24.3 Å². The molecule has 5 nitrogen and oxygen atoms in total. The van der Waals surface area contributed by atoms with Crippen LogP contribution in [0.3, 0.4) is 0 Å². The van der Waals surface area contributed by atoms with Crippen LogP contribution in [0.2, 0.25) is 0 Å². The number of allylic oxidation sites excluding steroid dienone is 4. The SMILES string of the molecule is COc1ccc(F)c(-c2cccc3c(N)c4c(O)n(C5=CC=C5)cc4nc23)c1. The molecule has 0 saturated carbocycles. The minimum absolute atomic E-state index is 0.0375. The lowest BCUT2D eigenvalue weighted by Crippen LogP contribution is -1.95. The molecule has 3 N–H and O–H groups in total. The van der Waals surface area contributed by atoms with Crippen molar-refractivity contribution in [2.75, 3.05) is 12.8 Å². The number of fused-ring (bicyclic) bond motifs is 2. The maximum atomic E-state index is 14.6. The number of aromatic hydroxyl groups is 1. The first-order valence-electron chi connectivity index (χ1n) is 8.73. The van der Waals surface area contributed by atoms with Gasteiger partial charge in [-0.15, -0.1) is 0 Å². The second-order valence-corrected chi connectivity index (χ2v) is 6.61. The third-order valence-electron chi connectivity index (χ3n) is 5.06. The van der Waals surface area contributed by atoms with Crippen LogP contribution in [-0.4, -0.2) is 21.8 Å². The molecule has 0 bridgehead atoms. The molecule has 0 saturated heterocycles. The molecule has 0 radical (unpaired) electrons. The van der Waals surface area contributed by atoms with Gasteiger partial charge in [-0.05, 0) is 30.4 Å². The van der Waals surface area contributed by atoms with Crippen molar-refractivity contribution in [2.24, 2.45) is 0 Å². The van der Waals surface area contributed by atoms with Crippen LogP contribution in [0, 0.1) is 5.82 Å². The number of nitrogens with two attached hydrogens (primary N) is 1. The highest BCUT2D eigenvalue weighted by atomic mass is 19.1. The van der Waals surface area contributed by atoms with Crippen molar-refractivity contribution in [3.8, 4) is 22.8 Å². The third kappa shape index (κ3) is 2.21. The first kappa shape index (κ1) is 16.4. The molecule has 4 aromatic rings. The van der Waals surface area contributed by atoms with Crippen molar-refractivity contribution in [2.45, 2.75) is 0 Å². The molecule has 0 atom stereocenters. The van der Waals surface area contributed by atoms with E-state index in [0.717, 1.165) is 5.70 Å². The van der Waals surface area contributed by atoms with E-state index < -0.39 is 0 Å². The molecule has 0 unspecified atom stereocenters. The minimum Gasteiger partial charge on any atom is -0.497 e. The summed E-state index contributed by atoms with van der Waals surface area (Å²) in [5, 5.41) is 11.8. The highest BCUT2D eigenvalue weighted by Gasteiger charge is 2.20. The summed E-state index contributed by atoms with van der Waals surface area (Å²) in [6.07, 6.45) is 7.38. The normalized spacial score (nSPS) is 13.0. The average Bonchev–Trinajstić information content (AvgIpc) is 2.97. The Hall–Kier alpha value is -3.80. The van der Waals surface area contributed by atoms with Crippen LogP contribution < -0.4 is 10.5 Å². The number of nitrogens with zero attached hydrogens (tertiary/aromatic N) is 2. The van der Waals surface area contributed by atoms with Gasteiger partial charge in [0.15, 0.2) is 0 Å². The van der Waals surface area contributed by atoms with Crippen LogP contribution in [-0.2, 0) is 0 Å². The van der Waals surface area contributed by atoms with Gasteiger partial charge < -0.3 is 15.6 Å². The van der Waals surface area contributed by atoms with E-state index >= 15 is 0 Å². The molecular weight excluding hydrogens is 357 g/mol. The lowest BCUT2D eigenvalue weighted by molar-refractivity contribution is 0.414. The van der Waals surface area contributed by atoms with Crippen molar-refractivity contribution in [3.05, 3.63) is 66.6 Å². The van der Waals surface area contributed by atoms with Gasteiger partial charge >= 0.3 is 0 Å². The van der Waals surface area contributed by atoms with Crippen molar-refractivity contribution >= 4 is 33.2 Å². The Morgan fingerprint density at radius 1 is 1.18 bits per heavy atom. The fourth-order valence-electron chi connectivity index (χ4n) is 3.56. The van der Waals surface area contributed by atoms with Crippen LogP contribution >= 0.6 is 0 Å². The topological polar surface area (TPSA) is 73.3 Å².